The van der Waals surface area contributed by atoms with E-state index in [1.165, 1.54) is 0 Å². The maximum Gasteiger partial charge on any atom is 0.252 e. The Kier molecular flexibility index (Phi) is 4.95. The van der Waals surface area contributed by atoms with Crippen molar-refractivity contribution in [3.63, 3.8) is 0 Å². The third-order valence-corrected chi connectivity index (χ3v) is 4.31. The van der Waals surface area contributed by atoms with E-state index in [2.05, 4.69) is 32.9 Å². The number of benzene rings is 1. The van der Waals surface area contributed by atoms with Gasteiger partial charge in [-0.3, -0.25) is 4.79 Å². The second kappa shape index (κ2) is 6.70. The fourth-order valence-electron chi connectivity index (χ4n) is 1.80. The lowest BCUT2D eigenvalue weighted by Crippen LogP contribution is -2.26. The summed E-state index contributed by atoms with van der Waals surface area (Å²) in [7, 11) is 0. The molecule has 0 saturated carbocycles. The van der Waals surface area contributed by atoms with Crippen molar-refractivity contribution in [1.82, 2.24) is 14.9 Å². The number of amides is 1. The highest BCUT2D eigenvalue weighted by atomic mass is 127. The number of aromatic nitrogens is 2. The molecule has 4 nitrogen and oxygen atoms in total. The Morgan fingerprint density at radius 1 is 1.47 bits per heavy atom. The monoisotopic (exact) mass is 369 g/mol. The van der Waals surface area contributed by atoms with Gasteiger partial charge in [-0.2, -0.15) is 0 Å². The SMILES string of the molecule is Cc1cccc(C(=O)NCCCn2ccnc2)c1I. The molecule has 0 radical (unpaired) electrons. The molecule has 5 heteroatoms. The van der Waals surface area contributed by atoms with E-state index < -0.39 is 0 Å². The van der Waals surface area contributed by atoms with Crippen LogP contribution in [0.4, 0.5) is 0 Å². The van der Waals surface area contributed by atoms with Crippen LogP contribution < -0.4 is 5.32 Å². The zero-order valence-electron chi connectivity index (χ0n) is 10.8. The predicted octanol–water partition coefficient (Wildman–Crippen LogP) is 2.62. The van der Waals surface area contributed by atoms with E-state index in [4.69, 9.17) is 0 Å². The number of nitrogens with one attached hydrogen (secondary N) is 1. The van der Waals surface area contributed by atoms with E-state index in [0.717, 1.165) is 27.7 Å². The fraction of sp³-hybridized carbons (Fsp3) is 0.286. The number of hydrogen-bond acceptors (Lipinski definition) is 2. The quantitative estimate of drug-likeness (QED) is 0.651. The van der Waals surface area contributed by atoms with Gasteiger partial charge in [-0.1, -0.05) is 12.1 Å². The van der Waals surface area contributed by atoms with Gasteiger partial charge < -0.3 is 9.88 Å². The number of hydrogen-bond donors (Lipinski definition) is 1. The smallest absolute Gasteiger partial charge is 0.252 e. The molecule has 19 heavy (non-hydrogen) atoms. The lowest BCUT2D eigenvalue weighted by Gasteiger charge is -2.08. The van der Waals surface area contributed by atoms with Crippen molar-refractivity contribution in [3.8, 4) is 0 Å². The van der Waals surface area contributed by atoms with E-state index in [9.17, 15) is 4.79 Å². The lowest BCUT2D eigenvalue weighted by molar-refractivity contribution is 0.0951. The minimum Gasteiger partial charge on any atom is -0.352 e. The van der Waals surface area contributed by atoms with Gasteiger partial charge in [-0.05, 0) is 47.6 Å². The normalized spacial score (nSPS) is 10.4. The van der Waals surface area contributed by atoms with Crippen LogP contribution in [0.3, 0.4) is 0 Å². The number of imidazole rings is 1. The van der Waals surface area contributed by atoms with Crippen molar-refractivity contribution in [3.05, 3.63) is 51.6 Å². The molecule has 0 aliphatic carbocycles. The molecule has 2 aromatic rings. The minimum atomic E-state index is -0.00117. The Hall–Kier alpha value is -1.37. The molecule has 0 aliphatic rings. The highest BCUT2D eigenvalue weighted by molar-refractivity contribution is 14.1. The third-order valence-electron chi connectivity index (χ3n) is 2.87. The first kappa shape index (κ1) is 14.0. The van der Waals surface area contributed by atoms with E-state index >= 15 is 0 Å². The molecule has 1 N–H and O–H groups in total. The average molecular weight is 369 g/mol. The molecule has 1 heterocycles. The van der Waals surface area contributed by atoms with Gasteiger partial charge in [0, 0.05) is 29.1 Å². The Morgan fingerprint density at radius 3 is 3.05 bits per heavy atom. The summed E-state index contributed by atoms with van der Waals surface area (Å²) in [4.78, 5) is 16.0. The summed E-state index contributed by atoms with van der Waals surface area (Å²) in [5, 5.41) is 2.95. The number of nitrogens with zero attached hydrogens (tertiary/aromatic N) is 2. The maximum absolute atomic E-state index is 12.0. The first-order chi connectivity index (χ1) is 9.18. The Balaban J connectivity index is 1.83. The van der Waals surface area contributed by atoms with Gasteiger partial charge in [0.05, 0.1) is 11.9 Å². The summed E-state index contributed by atoms with van der Waals surface area (Å²) in [6.45, 7) is 3.55. The van der Waals surface area contributed by atoms with Crippen molar-refractivity contribution in [2.24, 2.45) is 0 Å². The van der Waals surface area contributed by atoms with Gasteiger partial charge in [-0.15, -0.1) is 0 Å². The van der Waals surface area contributed by atoms with Crippen molar-refractivity contribution >= 4 is 28.5 Å². The number of carbonyl (C=O) groups is 1. The number of carbonyl (C=O) groups excluding carboxylic acids is 1. The average Bonchev–Trinajstić information content (AvgIpc) is 2.91. The van der Waals surface area contributed by atoms with Crippen LogP contribution in [0.25, 0.3) is 0 Å². The van der Waals surface area contributed by atoms with Crippen LogP contribution in [-0.2, 0) is 6.54 Å². The first-order valence-electron chi connectivity index (χ1n) is 6.17. The van der Waals surface area contributed by atoms with Crippen molar-refractivity contribution in [2.45, 2.75) is 19.9 Å². The van der Waals surface area contributed by atoms with E-state index in [1.54, 1.807) is 12.5 Å². The highest BCUT2D eigenvalue weighted by Crippen LogP contribution is 2.16. The van der Waals surface area contributed by atoms with Crippen molar-refractivity contribution < 1.29 is 4.79 Å². The van der Waals surface area contributed by atoms with E-state index in [0.29, 0.717) is 6.54 Å². The standard InChI is InChI=1S/C14H16IN3O/c1-11-4-2-5-12(13(11)15)14(19)17-6-3-8-18-9-7-16-10-18/h2,4-5,7,9-10H,3,6,8H2,1H3,(H,17,19). The van der Waals surface area contributed by atoms with E-state index in [1.807, 2.05) is 35.9 Å². The van der Waals surface area contributed by atoms with Gasteiger partial charge in [0.1, 0.15) is 0 Å². The molecule has 100 valence electrons. The van der Waals surface area contributed by atoms with Crippen LogP contribution in [0.15, 0.2) is 36.9 Å². The van der Waals surface area contributed by atoms with Gasteiger partial charge in [0.15, 0.2) is 0 Å². The second-order valence-corrected chi connectivity index (χ2v) is 5.43. The summed E-state index contributed by atoms with van der Waals surface area (Å²) < 4.78 is 3.02. The first-order valence-corrected chi connectivity index (χ1v) is 7.25. The summed E-state index contributed by atoms with van der Waals surface area (Å²) in [6.07, 6.45) is 6.36. The summed E-state index contributed by atoms with van der Waals surface area (Å²) in [5.41, 5.74) is 1.88. The molecule has 0 aliphatic heterocycles. The Labute approximate surface area is 126 Å². The number of rotatable bonds is 5. The molecule has 2 rings (SSSR count). The number of aryl methyl sites for hydroxylation is 2. The van der Waals surface area contributed by atoms with Crippen LogP contribution in [0, 0.1) is 10.5 Å². The van der Waals surface area contributed by atoms with Gasteiger partial charge in [0.25, 0.3) is 5.91 Å². The highest BCUT2D eigenvalue weighted by Gasteiger charge is 2.10. The molecular weight excluding hydrogens is 353 g/mol. The second-order valence-electron chi connectivity index (χ2n) is 4.35. The van der Waals surface area contributed by atoms with Gasteiger partial charge in [-0.25, -0.2) is 4.98 Å². The van der Waals surface area contributed by atoms with Crippen LogP contribution in [-0.4, -0.2) is 22.0 Å². The lowest BCUT2D eigenvalue weighted by atomic mass is 10.1. The molecule has 1 amide bonds. The molecule has 0 bridgehead atoms. The summed E-state index contributed by atoms with van der Waals surface area (Å²) in [5.74, 6) is -0.00117. The predicted molar refractivity (Wildman–Crippen MR) is 83.1 cm³/mol. The third kappa shape index (κ3) is 3.79. The van der Waals surface area contributed by atoms with Gasteiger partial charge in [0.2, 0.25) is 0 Å². The van der Waals surface area contributed by atoms with Crippen molar-refractivity contribution in [1.29, 1.82) is 0 Å². The Morgan fingerprint density at radius 2 is 2.32 bits per heavy atom. The summed E-state index contributed by atoms with van der Waals surface area (Å²) >= 11 is 2.22. The number of halogens is 1. The Bertz CT molecular complexity index is 552. The van der Waals surface area contributed by atoms with Crippen LogP contribution in [0.5, 0.6) is 0 Å². The molecular formula is C14H16IN3O. The van der Waals surface area contributed by atoms with E-state index in [-0.39, 0.29) is 5.91 Å². The van der Waals surface area contributed by atoms with Gasteiger partial charge >= 0.3 is 0 Å². The molecule has 0 spiro atoms. The van der Waals surface area contributed by atoms with Crippen molar-refractivity contribution in [2.75, 3.05) is 6.54 Å². The molecule has 0 atom stereocenters. The molecule has 1 aromatic heterocycles. The van der Waals surface area contributed by atoms with Crippen LogP contribution in [0.1, 0.15) is 22.3 Å². The zero-order valence-corrected chi connectivity index (χ0v) is 12.9. The summed E-state index contributed by atoms with van der Waals surface area (Å²) in [6, 6.07) is 5.79. The molecule has 0 saturated heterocycles. The fourth-order valence-corrected chi connectivity index (χ4v) is 2.41. The minimum absolute atomic E-state index is 0.00117. The zero-order chi connectivity index (χ0) is 13.7. The largest absolute Gasteiger partial charge is 0.352 e. The topological polar surface area (TPSA) is 46.9 Å². The van der Waals surface area contributed by atoms with Crippen LogP contribution in [0.2, 0.25) is 0 Å². The molecule has 1 aromatic carbocycles. The van der Waals surface area contributed by atoms with Crippen LogP contribution >= 0.6 is 22.6 Å². The maximum atomic E-state index is 12.0. The molecule has 0 fully saturated rings. The molecule has 0 unspecified atom stereocenters.